The highest BCUT2D eigenvalue weighted by Gasteiger charge is 2.22. The van der Waals surface area contributed by atoms with Crippen LogP contribution in [0.25, 0.3) is 0 Å². The standard InChI is InChI=1S/C12H15NO2S/c1-3-10-13(11-4-2)16(14,15)12-8-6-5-7-9-12/h1,5-9H,4,10-11H2,2H3. The van der Waals surface area contributed by atoms with Gasteiger partial charge in [0.05, 0.1) is 11.4 Å². The monoisotopic (exact) mass is 237 g/mol. The van der Waals surface area contributed by atoms with Crippen molar-refractivity contribution in [3.63, 3.8) is 0 Å². The lowest BCUT2D eigenvalue weighted by Crippen LogP contribution is -2.32. The normalized spacial score (nSPS) is 11.3. The van der Waals surface area contributed by atoms with Gasteiger partial charge in [-0.3, -0.25) is 0 Å². The fourth-order valence-corrected chi connectivity index (χ4v) is 2.84. The summed E-state index contributed by atoms with van der Waals surface area (Å²) in [5.41, 5.74) is 0. The number of rotatable bonds is 5. The Morgan fingerprint density at radius 1 is 1.31 bits per heavy atom. The second-order valence-corrected chi connectivity index (χ2v) is 5.29. The van der Waals surface area contributed by atoms with Crippen molar-refractivity contribution in [1.82, 2.24) is 4.31 Å². The predicted molar refractivity (Wildman–Crippen MR) is 64.3 cm³/mol. The van der Waals surface area contributed by atoms with Gasteiger partial charge in [0.2, 0.25) is 10.0 Å². The average Bonchev–Trinajstić information content (AvgIpc) is 2.30. The number of hydrogen-bond acceptors (Lipinski definition) is 2. The molecule has 0 unspecified atom stereocenters. The Labute approximate surface area is 97.1 Å². The molecular formula is C12H15NO2S. The highest BCUT2D eigenvalue weighted by atomic mass is 32.2. The summed E-state index contributed by atoms with van der Waals surface area (Å²) in [6.07, 6.45) is 5.92. The van der Waals surface area contributed by atoms with E-state index in [1.807, 2.05) is 6.92 Å². The summed E-state index contributed by atoms with van der Waals surface area (Å²) < 4.78 is 25.6. The van der Waals surface area contributed by atoms with Crippen molar-refractivity contribution in [3.05, 3.63) is 30.3 Å². The van der Waals surface area contributed by atoms with Gasteiger partial charge in [0.1, 0.15) is 0 Å². The van der Waals surface area contributed by atoms with Gasteiger partial charge in [0.25, 0.3) is 0 Å². The first kappa shape index (κ1) is 12.8. The average molecular weight is 237 g/mol. The topological polar surface area (TPSA) is 37.4 Å². The van der Waals surface area contributed by atoms with E-state index in [9.17, 15) is 8.42 Å². The van der Waals surface area contributed by atoms with E-state index in [0.717, 1.165) is 6.42 Å². The highest BCUT2D eigenvalue weighted by Crippen LogP contribution is 2.14. The minimum Gasteiger partial charge on any atom is -0.207 e. The van der Waals surface area contributed by atoms with E-state index >= 15 is 0 Å². The Balaban J connectivity index is 3.04. The summed E-state index contributed by atoms with van der Waals surface area (Å²) in [5, 5.41) is 0. The summed E-state index contributed by atoms with van der Waals surface area (Å²) in [7, 11) is -3.43. The second kappa shape index (κ2) is 5.69. The summed E-state index contributed by atoms with van der Waals surface area (Å²) in [5.74, 6) is 2.38. The van der Waals surface area contributed by atoms with Gasteiger partial charge in [-0.2, -0.15) is 4.31 Å². The van der Waals surface area contributed by atoms with Crippen LogP contribution in [-0.4, -0.2) is 25.8 Å². The molecule has 0 N–H and O–H groups in total. The minimum absolute atomic E-state index is 0.116. The van der Waals surface area contributed by atoms with Crippen molar-refractivity contribution >= 4 is 10.0 Å². The number of terminal acetylenes is 1. The molecule has 0 spiro atoms. The van der Waals surface area contributed by atoms with Crippen molar-refractivity contribution in [3.8, 4) is 12.3 Å². The third-order valence-electron chi connectivity index (χ3n) is 2.12. The lowest BCUT2D eigenvalue weighted by atomic mass is 10.4. The lowest BCUT2D eigenvalue weighted by Gasteiger charge is -2.18. The van der Waals surface area contributed by atoms with Gasteiger partial charge < -0.3 is 0 Å². The molecule has 1 aromatic carbocycles. The smallest absolute Gasteiger partial charge is 0.207 e. The largest absolute Gasteiger partial charge is 0.243 e. The summed E-state index contributed by atoms with van der Waals surface area (Å²) in [6, 6.07) is 8.34. The molecule has 3 nitrogen and oxygen atoms in total. The zero-order valence-electron chi connectivity index (χ0n) is 9.26. The molecule has 1 rings (SSSR count). The molecule has 0 radical (unpaired) electrons. The van der Waals surface area contributed by atoms with Gasteiger partial charge in [-0.05, 0) is 18.6 Å². The first-order valence-electron chi connectivity index (χ1n) is 5.11. The van der Waals surface area contributed by atoms with Crippen molar-refractivity contribution in [2.24, 2.45) is 0 Å². The van der Waals surface area contributed by atoms with E-state index < -0.39 is 10.0 Å². The molecule has 4 heteroatoms. The Bertz CT molecular complexity index is 460. The molecule has 0 aliphatic rings. The second-order valence-electron chi connectivity index (χ2n) is 3.36. The first-order chi connectivity index (χ1) is 7.62. The summed E-state index contributed by atoms with van der Waals surface area (Å²) >= 11 is 0. The Kier molecular flexibility index (Phi) is 4.53. The fourth-order valence-electron chi connectivity index (χ4n) is 1.38. The van der Waals surface area contributed by atoms with Gasteiger partial charge >= 0.3 is 0 Å². The van der Waals surface area contributed by atoms with Crippen molar-refractivity contribution < 1.29 is 8.42 Å². The quantitative estimate of drug-likeness (QED) is 0.731. The number of nitrogens with zero attached hydrogens (tertiary/aromatic N) is 1. The zero-order chi connectivity index (χ0) is 12.0. The maximum atomic E-state index is 12.1. The number of sulfonamides is 1. The van der Waals surface area contributed by atoms with Gasteiger partial charge in [0, 0.05) is 6.54 Å². The molecule has 0 fully saturated rings. The zero-order valence-corrected chi connectivity index (χ0v) is 10.1. The van der Waals surface area contributed by atoms with Crippen LogP contribution < -0.4 is 0 Å². The number of benzene rings is 1. The predicted octanol–water partition coefficient (Wildman–Crippen LogP) is 1.72. The van der Waals surface area contributed by atoms with E-state index in [2.05, 4.69) is 5.92 Å². The highest BCUT2D eigenvalue weighted by molar-refractivity contribution is 7.89. The van der Waals surface area contributed by atoms with Crippen molar-refractivity contribution in [2.45, 2.75) is 18.2 Å². The summed E-state index contributed by atoms with van der Waals surface area (Å²) in [4.78, 5) is 0.290. The molecule has 0 aromatic heterocycles. The maximum Gasteiger partial charge on any atom is 0.243 e. The van der Waals surface area contributed by atoms with Gasteiger partial charge in [-0.15, -0.1) is 6.42 Å². The molecule has 0 atom stereocenters. The fraction of sp³-hybridized carbons (Fsp3) is 0.333. The van der Waals surface area contributed by atoms with Crippen LogP contribution in [0.2, 0.25) is 0 Å². The van der Waals surface area contributed by atoms with Gasteiger partial charge in [-0.1, -0.05) is 31.0 Å². The van der Waals surface area contributed by atoms with Crippen LogP contribution >= 0.6 is 0 Å². The SMILES string of the molecule is C#CCN(CCC)S(=O)(=O)c1ccccc1. The molecule has 0 saturated heterocycles. The molecule has 0 aliphatic heterocycles. The first-order valence-corrected chi connectivity index (χ1v) is 6.55. The van der Waals surface area contributed by atoms with Crippen molar-refractivity contribution in [2.75, 3.05) is 13.1 Å². The Morgan fingerprint density at radius 2 is 1.94 bits per heavy atom. The van der Waals surface area contributed by atoms with E-state index in [1.165, 1.54) is 4.31 Å². The molecule has 0 amide bonds. The molecule has 16 heavy (non-hydrogen) atoms. The van der Waals surface area contributed by atoms with Gasteiger partial charge in [-0.25, -0.2) is 8.42 Å². The lowest BCUT2D eigenvalue weighted by molar-refractivity contribution is 0.445. The Hall–Kier alpha value is -1.31. The van der Waals surface area contributed by atoms with E-state index in [4.69, 9.17) is 6.42 Å². The van der Waals surface area contributed by atoms with Crippen LogP contribution in [-0.2, 0) is 10.0 Å². The maximum absolute atomic E-state index is 12.1. The molecular weight excluding hydrogens is 222 g/mol. The third kappa shape index (κ3) is 2.84. The van der Waals surface area contributed by atoms with Crippen molar-refractivity contribution in [1.29, 1.82) is 0 Å². The van der Waals surface area contributed by atoms with E-state index in [1.54, 1.807) is 30.3 Å². The van der Waals surface area contributed by atoms with E-state index in [-0.39, 0.29) is 6.54 Å². The Morgan fingerprint density at radius 3 is 2.44 bits per heavy atom. The third-order valence-corrected chi connectivity index (χ3v) is 3.98. The molecule has 0 saturated carbocycles. The summed E-state index contributed by atoms with van der Waals surface area (Å²) in [6.45, 7) is 2.48. The molecule has 1 aromatic rings. The van der Waals surface area contributed by atoms with E-state index in [0.29, 0.717) is 11.4 Å². The van der Waals surface area contributed by atoms with Crippen LogP contribution in [0.3, 0.4) is 0 Å². The molecule has 86 valence electrons. The molecule has 0 bridgehead atoms. The molecule has 0 heterocycles. The van der Waals surface area contributed by atoms with Crippen LogP contribution in [0, 0.1) is 12.3 Å². The van der Waals surface area contributed by atoms with Gasteiger partial charge in [0.15, 0.2) is 0 Å². The van der Waals surface area contributed by atoms with Crippen LogP contribution in [0.15, 0.2) is 35.2 Å². The minimum atomic E-state index is -3.43. The van der Waals surface area contributed by atoms with Crippen LogP contribution in [0.4, 0.5) is 0 Å². The van der Waals surface area contributed by atoms with Crippen LogP contribution in [0.5, 0.6) is 0 Å². The molecule has 0 aliphatic carbocycles. The number of hydrogen-bond donors (Lipinski definition) is 0. The van der Waals surface area contributed by atoms with Crippen LogP contribution in [0.1, 0.15) is 13.3 Å².